The van der Waals surface area contributed by atoms with Crippen LogP contribution in [0.1, 0.15) is 35.7 Å². The van der Waals surface area contributed by atoms with E-state index in [0.717, 1.165) is 28.3 Å². The van der Waals surface area contributed by atoms with Gasteiger partial charge in [-0.25, -0.2) is 0 Å². The molecule has 0 radical (unpaired) electrons. The van der Waals surface area contributed by atoms with E-state index in [2.05, 4.69) is 19.2 Å². The van der Waals surface area contributed by atoms with Gasteiger partial charge in [-0.15, -0.1) is 0 Å². The van der Waals surface area contributed by atoms with Gasteiger partial charge in [0.1, 0.15) is 5.75 Å². The van der Waals surface area contributed by atoms with Crippen molar-refractivity contribution in [2.75, 3.05) is 11.9 Å². The Hall–Kier alpha value is -3.14. The first-order valence-electron chi connectivity index (χ1n) is 8.58. The number of hydrogen-bond acceptors (Lipinski definition) is 3. The second kappa shape index (κ2) is 7.83. The third-order valence-electron chi connectivity index (χ3n) is 4.26. The SMILES string of the molecule is CC(C)c1ccccc1NC(=O)COc1ccc2ccccc2c1C=O. The van der Waals surface area contributed by atoms with Gasteiger partial charge >= 0.3 is 0 Å². The molecule has 0 bridgehead atoms. The fraction of sp³-hybridized carbons (Fsp3) is 0.182. The number of anilines is 1. The predicted molar refractivity (Wildman–Crippen MR) is 104 cm³/mol. The van der Waals surface area contributed by atoms with Gasteiger partial charge in [0.15, 0.2) is 12.9 Å². The standard InChI is InChI=1S/C22H21NO3/c1-15(2)17-8-5-6-10-20(17)23-22(25)14-26-21-12-11-16-7-3-4-9-18(16)19(21)13-24/h3-13,15H,14H2,1-2H3,(H,23,25). The maximum absolute atomic E-state index is 12.3. The summed E-state index contributed by atoms with van der Waals surface area (Å²) < 4.78 is 5.63. The van der Waals surface area contributed by atoms with Crippen LogP contribution in [0.4, 0.5) is 5.69 Å². The quantitative estimate of drug-likeness (QED) is 0.652. The summed E-state index contributed by atoms with van der Waals surface area (Å²) in [6.45, 7) is 3.99. The van der Waals surface area contributed by atoms with Crippen molar-refractivity contribution in [2.24, 2.45) is 0 Å². The summed E-state index contributed by atoms with van der Waals surface area (Å²) in [6, 6.07) is 18.9. The summed E-state index contributed by atoms with van der Waals surface area (Å²) in [5.41, 5.74) is 2.31. The van der Waals surface area contributed by atoms with E-state index in [1.807, 2.05) is 54.6 Å². The van der Waals surface area contributed by atoms with Crippen LogP contribution in [-0.2, 0) is 4.79 Å². The molecule has 0 aromatic heterocycles. The topological polar surface area (TPSA) is 55.4 Å². The molecule has 0 aliphatic carbocycles. The van der Waals surface area contributed by atoms with Gasteiger partial charge in [-0.2, -0.15) is 0 Å². The molecule has 26 heavy (non-hydrogen) atoms. The third kappa shape index (κ3) is 3.75. The fourth-order valence-corrected chi connectivity index (χ4v) is 2.97. The summed E-state index contributed by atoms with van der Waals surface area (Å²) >= 11 is 0. The third-order valence-corrected chi connectivity index (χ3v) is 4.26. The lowest BCUT2D eigenvalue weighted by molar-refractivity contribution is -0.118. The van der Waals surface area contributed by atoms with Crippen LogP contribution in [0.25, 0.3) is 10.8 Å². The van der Waals surface area contributed by atoms with E-state index >= 15 is 0 Å². The Morgan fingerprint density at radius 3 is 2.54 bits per heavy atom. The fourth-order valence-electron chi connectivity index (χ4n) is 2.97. The molecule has 4 nitrogen and oxygen atoms in total. The van der Waals surface area contributed by atoms with Crippen molar-refractivity contribution in [2.45, 2.75) is 19.8 Å². The second-order valence-electron chi connectivity index (χ2n) is 6.40. The Morgan fingerprint density at radius 2 is 1.77 bits per heavy atom. The van der Waals surface area contributed by atoms with Gasteiger partial charge in [-0.3, -0.25) is 9.59 Å². The highest BCUT2D eigenvalue weighted by Crippen LogP contribution is 2.27. The highest BCUT2D eigenvalue weighted by molar-refractivity contribution is 6.01. The number of hydrogen-bond donors (Lipinski definition) is 1. The molecule has 1 amide bonds. The number of rotatable bonds is 6. The zero-order valence-electron chi connectivity index (χ0n) is 14.9. The molecule has 0 saturated carbocycles. The van der Waals surface area contributed by atoms with Gasteiger partial charge in [0.2, 0.25) is 0 Å². The average Bonchev–Trinajstić information content (AvgIpc) is 2.66. The average molecular weight is 347 g/mol. The number of carbonyl (C=O) groups excluding carboxylic acids is 2. The van der Waals surface area contributed by atoms with Crippen LogP contribution >= 0.6 is 0 Å². The lowest BCUT2D eigenvalue weighted by atomic mass is 10.0. The lowest BCUT2D eigenvalue weighted by Crippen LogP contribution is -2.21. The minimum atomic E-state index is -0.261. The minimum Gasteiger partial charge on any atom is -0.483 e. The maximum atomic E-state index is 12.3. The molecule has 0 heterocycles. The van der Waals surface area contributed by atoms with E-state index in [4.69, 9.17) is 4.74 Å². The van der Waals surface area contributed by atoms with Crippen molar-refractivity contribution in [1.82, 2.24) is 0 Å². The number of benzene rings is 3. The highest BCUT2D eigenvalue weighted by atomic mass is 16.5. The van der Waals surface area contributed by atoms with E-state index in [0.29, 0.717) is 17.2 Å². The predicted octanol–water partition coefficient (Wildman–Crippen LogP) is 4.79. The van der Waals surface area contributed by atoms with Gasteiger partial charge < -0.3 is 10.1 Å². The molecule has 132 valence electrons. The molecule has 1 N–H and O–H groups in total. The Morgan fingerprint density at radius 1 is 1.04 bits per heavy atom. The number of amides is 1. The van der Waals surface area contributed by atoms with Crippen LogP contribution in [0.3, 0.4) is 0 Å². The largest absolute Gasteiger partial charge is 0.483 e. The number of ether oxygens (including phenoxy) is 1. The summed E-state index contributed by atoms with van der Waals surface area (Å²) in [5.74, 6) is 0.448. The van der Waals surface area contributed by atoms with Gasteiger partial charge in [0.05, 0.1) is 5.56 Å². The molecule has 0 unspecified atom stereocenters. The summed E-state index contributed by atoms with van der Waals surface area (Å²) in [6.07, 6.45) is 0.767. The van der Waals surface area contributed by atoms with Gasteiger partial charge in [0, 0.05) is 5.69 Å². The molecule has 3 aromatic carbocycles. The Kier molecular flexibility index (Phi) is 5.32. The number of para-hydroxylation sites is 1. The van der Waals surface area contributed by atoms with E-state index in [1.54, 1.807) is 6.07 Å². The molecule has 0 aliphatic heterocycles. The Bertz CT molecular complexity index is 947. The van der Waals surface area contributed by atoms with Crippen molar-refractivity contribution in [3.63, 3.8) is 0 Å². The first-order valence-corrected chi connectivity index (χ1v) is 8.58. The van der Waals surface area contributed by atoms with E-state index in [-0.39, 0.29) is 12.5 Å². The molecule has 0 spiro atoms. The molecule has 3 aromatic rings. The van der Waals surface area contributed by atoms with Crippen LogP contribution in [0.2, 0.25) is 0 Å². The molecule has 3 rings (SSSR count). The van der Waals surface area contributed by atoms with E-state index < -0.39 is 0 Å². The van der Waals surface area contributed by atoms with Crippen LogP contribution in [0.5, 0.6) is 5.75 Å². The van der Waals surface area contributed by atoms with Crippen molar-refractivity contribution in [1.29, 1.82) is 0 Å². The molecular formula is C22H21NO3. The van der Waals surface area contributed by atoms with Crippen molar-refractivity contribution in [3.05, 3.63) is 71.8 Å². The van der Waals surface area contributed by atoms with Gasteiger partial charge in [-0.05, 0) is 34.4 Å². The van der Waals surface area contributed by atoms with Gasteiger partial charge in [0.25, 0.3) is 5.91 Å². The molecule has 0 fully saturated rings. The normalized spacial score (nSPS) is 10.7. The highest BCUT2D eigenvalue weighted by Gasteiger charge is 2.12. The van der Waals surface area contributed by atoms with Crippen molar-refractivity contribution < 1.29 is 14.3 Å². The number of fused-ring (bicyclic) bond motifs is 1. The zero-order chi connectivity index (χ0) is 18.5. The summed E-state index contributed by atoms with van der Waals surface area (Å²) in [5, 5.41) is 4.65. The van der Waals surface area contributed by atoms with Gasteiger partial charge in [-0.1, -0.05) is 62.4 Å². The molecular weight excluding hydrogens is 326 g/mol. The van der Waals surface area contributed by atoms with Crippen LogP contribution in [-0.4, -0.2) is 18.8 Å². The first kappa shape index (κ1) is 17.7. The van der Waals surface area contributed by atoms with Crippen LogP contribution < -0.4 is 10.1 Å². The monoisotopic (exact) mass is 347 g/mol. The maximum Gasteiger partial charge on any atom is 0.262 e. The zero-order valence-corrected chi connectivity index (χ0v) is 14.9. The molecule has 0 atom stereocenters. The summed E-state index contributed by atoms with van der Waals surface area (Å²) in [4.78, 5) is 23.8. The first-order chi connectivity index (χ1) is 12.6. The molecule has 0 saturated heterocycles. The van der Waals surface area contributed by atoms with Crippen LogP contribution in [0, 0.1) is 0 Å². The van der Waals surface area contributed by atoms with Crippen molar-refractivity contribution in [3.8, 4) is 5.75 Å². The Balaban J connectivity index is 1.74. The van der Waals surface area contributed by atoms with Crippen LogP contribution in [0.15, 0.2) is 60.7 Å². The number of carbonyl (C=O) groups is 2. The molecule has 4 heteroatoms. The lowest BCUT2D eigenvalue weighted by Gasteiger charge is -2.14. The van der Waals surface area contributed by atoms with Crippen molar-refractivity contribution >= 4 is 28.7 Å². The summed E-state index contributed by atoms with van der Waals surface area (Å²) in [7, 11) is 0. The Labute approximate surface area is 152 Å². The second-order valence-corrected chi connectivity index (χ2v) is 6.40. The molecule has 0 aliphatic rings. The number of nitrogens with one attached hydrogen (secondary N) is 1. The van der Waals surface area contributed by atoms with E-state index in [9.17, 15) is 9.59 Å². The van der Waals surface area contributed by atoms with E-state index in [1.165, 1.54) is 0 Å². The minimum absolute atomic E-state index is 0.161. The smallest absolute Gasteiger partial charge is 0.262 e. The number of aldehydes is 1.